The fraction of sp³-hybridized carbons (Fsp3) is 0.429. The van der Waals surface area contributed by atoms with E-state index in [4.69, 9.17) is 4.74 Å². The largest absolute Gasteiger partial charge is 0.358 e. The van der Waals surface area contributed by atoms with Crippen LogP contribution in [-0.2, 0) is 9.53 Å². The maximum atomic E-state index is 12.3. The second-order valence-corrected chi connectivity index (χ2v) is 5.29. The molecular formula is C14H16N2O2. The molecule has 0 bridgehead atoms. The van der Waals surface area contributed by atoms with Crippen LogP contribution in [0.2, 0.25) is 0 Å². The van der Waals surface area contributed by atoms with Crippen LogP contribution in [0.5, 0.6) is 0 Å². The number of hydrogen-bond acceptors (Lipinski definition) is 4. The van der Waals surface area contributed by atoms with Crippen molar-refractivity contribution in [2.75, 3.05) is 6.54 Å². The Morgan fingerprint density at radius 1 is 1.39 bits per heavy atom. The van der Waals surface area contributed by atoms with Crippen molar-refractivity contribution >= 4 is 11.5 Å². The minimum atomic E-state index is -0.331. The van der Waals surface area contributed by atoms with Gasteiger partial charge in [0, 0.05) is 6.54 Å². The number of Topliss-reactive ketones (excluding diaryl/α,β-unsaturated/α-hetero) is 1. The van der Waals surface area contributed by atoms with E-state index in [1.54, 1.807) is 0 Å². The molecule has 0 unspecified atom stereocenters. The molecule has 2 aliphatic rings. The van der Waals surface area contributed by atoms with Crippen molar-refractivity contribution in [2.45, 2.75) is 31.5 Å². The number of benzene rings is 1. The number of carbonyl (C=O) groups is 1. The standard InChI is InChI=1S/C14H16N2O2/c1-14(2)13(18-14)12(17)11-10(8-15-16-11)9-6-4-3-5-7-9/h3-7,10,13,15H,8H2,1-2H3/t10-,13-/m0/s1. The van der Waals surface area contributed by atoms with Gasteiger partial charge in [-0.2, -0.15) is 5.10 Å². The molecule has 0 spiro atoms. The first-order valence-electron chi connectivity index (χ1n) is 6.17. The zero-order valence-electron chi connectivity index (χ0n) is 10.5. The third-order valence-corrected chi connectivity index (χ3v) is 3.51. The van der Waals surface area contributed by atoms with Crippen molar-refractivity contribution in [2.24, 2.45) is 5.10 Å². The van der Waals surface area contributed by atoms with Crippen LogP contribution in [0.3, 0.4) is 0 Å². The van der Waals surface area contributed by atoms with Gasteiger partial charge in [-0.15, -0.1) is 0 Å². The molecule has 1 N–H and O–H groups in total. The topological polar surface area (TPSA) is 54.0 Å². The number of hydrogen-bond donors (Lipinski definition) is 1. The summed E-state index contributed by atoms with van der Waals surface area (Å²) < 4.78 is 5.40. The minimum absolute atomic E-state index is 0.0128. The zero-order valence-corrected chi connectivity index (χ0v) is 10.5. The van der Waals surface area contributed by atoms with Gasteiger partial charge in [-0.25, -0.2) is 0 Å². The summed E-state index contributed by atoms with van der Waals surface area (Å²) in [5.41, 5.74) is 4.31. The van der Waals surface area contributed by atoms with Gasteiger partial charge < -0.3 is 10.2 Å². The first-order valence-corrected chi connectivity index (χ1v) is 6.17. The van der Waals surface area contributed by atoms with Crippen molar-refractivity contribution in [3.63, 3.8) is 0 Å². The lowest BCUT2D eigenvalue weighted by atomic mass is 9.90. The molecule has 0 aliphatic carbocycles. The number of ketones is 1. The number of epoxide rings is 1. The monoisotopic (exact) mass is 244 g/mol. The van der Waals surface area contributed by atoms with Crippen LogP contribution in [0.15, 0.2) is 35.4 Å². The predicted molar refractivity (Wildman–Crippen MR) is 68.6 cm³/mol. The fourth-order valence-corrected chi connectivity index (χ4v) is 2.36. The highest BCUT2D eigenvalue weighted by atomic mass is 16.6. The Kier molecular flexibility index (Phi) is 2.48. The fourth-order valence-electron chi connectivity index (χ4n) is 2.36. The summed E-state index contributed by atoms with van der Waals surface area (Å²) in [5.74, 6) is 0.0533. The van der Waals surface area contributed by atoms with Crippen molar-refractivity contribution in [1.29, 1.82) is 0 Å². The van der Waals surface area contributed by atoms with E-state index in [0.29, 0.717) is 12.3 Å². The molecule has 18 heavy (non-hydrogen) atoms. The van der Waals surface area contributed by atoms with Crippen molar-refractivity contribution in [1.82, 2.24) is 5.43 Å². The Morgan fingerprint density at radius 2 is 2.06 bits per heavy atom. The van der Waals surface area contributed by atoms with Crippen LogP contribution >= 0.6 is 0 Å². The highest BCUT2D eigenvalue weighted by Gasteiger charge is 2.55. The molecule has 94 valence electrons. The molecule has 1 aromatic carbocycles. The van der Waals surface area contributed by atoms with Gasteiger partial charge in [-0.1, -0.05) is 30.3 Å². The van der Waals surface area contributed by atoms with E-state index in [2.05, 4.69) is 10.5 Å². The lowest BCUT2D eigenvalue weighted by Crippen LogP contribution is -2.28. The summed E-state index contributed by atoms with van der Waals surface area (Å²) in [7, 11) is 0. The van der Waals surface area contributed by atoms with E-state index in [1.165, 1.54) is 0 Å². The summed E-state index contributed by atoms with van der Waals surface area (Å²) in [5, 5.41) is 4.16. The molecule has 2 heterocycles. The summed E-state index contributed by atoms with van der Waals surface area (Å²) >= 11 is 0. The second kappa shape index (κ2) is 3.92. The van der Waals surface area contributed by atoms with Crippen LogP contribution in [0.1, 0.15) is 25.3 Å². The third-order valence-electron chi connectivity index (χ3n) is 3.51. The Hall–Kier alpha value is -1.68. The van der Waals surface area contributed by atoms with Gasteiger partial charge in [-0.05, 0) is 19.4 Å². The third kappa shape index (κ3) is 1.82. The molecule has 0 aromatic heterocycles. The van der Waals surface area contributed by atoms with Gasteiger partial charge in [-0.3, -0.25) is 4.79 Å². The molecule has 1 fully saturated rings. The number of ether oxygens (including phenoxy) is 1. The Morgan fingerprint density at radius 3 is 2.67 bits per heavy atom. The minimum Gasteiger partial charge on any atom is -0.358 e. The first kappa shape index (κ1) is 11.4. The summed E-state index contributed by atoms with van der Waals surface area (Å²) in [6.45, 7) is 4.53. The molecule has 4 heteroatoms. The normalized spacial score (nSPS) is 28.4. The van der Waals surface area contributed by atoms with Gasteiger partial charge in [0.25, 0.3) is 0 Å². The van der Waals surface area contributed by atoms with E-state index < -0.39 is 0 Å². The average molecular weight is 244 g/mol. The molecule has 0 amide bonds. The number of carbonyl (C=O) groups excluding carboxylic acids is 1. The molecule has 0 radical (unpaired) electrons. The lowest BCUT2D eigenvalue weighted by Gasteiger charge is -2.10. The van der Waals surface area contributed by atoms with Gasteiger partial charge in [0.1, 0.15) is 5.71 Å². The summed E-state index contributed by atoms with van der Waals surface area (Å²) in [4.78, 5) is 12.3. The average Bonchev–Trinajstić information content (AvgIpc) is 2.80. The van der Waals surface area contributed by atoms with E-state index in [1.807, 2.05) is 44.2 Å². The van der Waals surface area contributed by atoms with Crippen LogP contribution in [0.25, 0.3) is 0 Å². The van der Waals surface area contributed by atoms with Crippen LogP contribution in [0.4, 0.5) is 0 Å². The highest BCUT2D eigenvalue weighted by molar-refractivity contribution is 6.44. The molecule has 4 nitrogen and oxygen atoms in total. The van der Waals surface area contributed by atoms with Gasteiger partial charge in [0.05, 0.1) is 11.5 Å². The summed E-state index contributed by atoms with van der Waals surface area (Å²) in [6, 6.07) is 9.98. The molecule has 2 aliphatic heterocycles. The van der Waals surface area contributed by atoms with E-state index >= 15 is 0 Å². The molecule has 2 atom stereocenters. The van der Waals surface area contributed by atoms with E-state index in [9.17, 15) is 4.79 Å². The predicted octanol–water partition coefficient (Wildman–Crippen LogP) is 1.48. The Labute approximate surface area is 106 Å². The first-order chi connectivity index (χ1) is 8.59. The molecular weight excluding hydrogens is 228 g/mol. The van der Waals surface area contributed by atoms with E-state index in [0.717, 1.165) is 5.56 Å². The highest BCUT2D eigenvalue weighted by Crippen LogP contribution is 2.37. The van der Waals surface area contributed by atoms with Crippen LogP contribution in [-0.4, -0.2) is 29.7 Å². The number of rotatable bonds is 3. The molecule has 0 saturated carbocycles. The molecule has 1 saturated heterocycles. The summed E-state index contributed by atoms with van der Waals surface area (Å²) in [6.07, 6.45) is -0.331. The second-order valence-electron chi connectivity index (χ2n) is 5.29. The quantitative estimate of drug-likeness (QED) is 0.819. The molecule has 3 rings (SSSR count). The van der Waals surface area contributed by atoms with Gasteiger partial charge in [0.15, 0.2) is 6.10 Å². The molecule has 1 aromatic rings. The van der Waals surface area contributed by atoms with Crippen LogP contribution < -0.4 is 5.43 Å². The maximum absolute atomic E-state index is 12.3. The van der Waals surface area contributed by atoms with Crippen molar-refractivity contribution in [3.8, 4) is 0 Å². The number of nitrogens with zero attached hydrogens (tertiary/aromatic N) is 1. The van der Waals surface area contributed by atoms with Crippen molar-refractivity contribution in [3.05, 3.63) is 35.9 Å². The zero-order chi connectivity index (χ0) is 12.8. The number of hydrazone groups is 1. The smallest absolute Gasteiger partial charge is 0.211 e. The Bertz CT molecular complexity index is 508. The van der Waals surface area contributed by atoms with Gasteiger partial charge in [0.2, 0.25) is 5.78 Å². The van der Waals surface area contributed by atoms with Gasteiger partial charge >= 0.3 is 0 Å². The SMILES string of the molecule is CC1(C)O[C@H]1C(=O)C1=NNC[C@H]1c1ccccc1. The van der Waals surface area contributed by atoms with E-state index in [-0.39, 0.29) is 23.4 Å². The number of nitrogens with one attached hydrogen (secondary N) is 1. The lowest BCUT2D eigenvalue weighted by molar-refractivity contribution is -0.114. The van der Waals surface area contributed by atoms with Crippen LogP contribution in [0, 0.1) is 0 Å². The Balaban J connectivity index is 1.82. The van der Waals surface area contributed by atoms with Crippen molar-refractivity contribution < 1.29 is 9.53 Å². The maximum Gasteiger partial charge on any atom is 0.211 e.